The van der Waals surface area contributed by atoms with Gasteiger partial charge in [-0.2, -0.15) is 28.1 Å². The Morgan fingerprint density at radius 1 is 1.08 bits per heavy atom. The number of rotatable bonds is 5. The summed E-state index contributed by atoms with van der Waals surface area (Å²) in [6.45, 7) is 4.72. The molecule has 0 bridgehead atoms. The summed E-state index contributed by atoms with van der Waals surface area (Å²) in [7, 11) is 0. The monoisotopic (exact) mass is 347 g/mol. The molecule has 0 aliphatic heterocycles. The Balaban J connectivity index is 2.31. The van der Waals surface area contributed by atoms with Crippen molar-refractivity contribution in [1.29, 1.82) is 0 Å². The van der Waals surface area contributed by atoms with Crippen LogP contribution < -0.4 is 10.6 Å². The van der Waals surface area contributed by atoms with Gasteiger partial charge in [-0.3, -0.25) is 0 Å². The van der Waals surface area contributed by atoms with Crippen LogP contribution in [0.5, 0.6) is 0 Å². The molecule has 0 fully saturated rings. The Morgan fingerprint density at radius 3 is 2.21 bits per heavy atom. The van der Waals surface area contributed by atoms with Gasteiger partial charge in [0, 0.05) is 6.04 Å². The van der Waals surface area contributed by atoms with Crippen molar-refractivity contribution in [2.75, 3.05) is 10.6 Å². The average molecular weight is 347 g/mol. The van der Waals surface area contributed by atoms with Crippen LogP contribution in [0.15, 0.2) is 6.08 Å². The number of nitrogens with one attached hydrogen (secondary N) is 2. The Hall–Kier alpha value is -1.93. The van der Waals surface area contributed by atoms with Gasteiger partial charge in [-0.1, -0.05) is 6.08 Å². The zero-order valence-electron chi connectivity index (χ0n) is 13.8. The van der Waals surface area contributed by atoms with Gasteiger partial charge in [0.2, 0.25) is 11.9 Å². The van der Waals surface area contributed by atoms with Crippen molar-refractivity contribution in [3.63, 3.8) is 0 Å². The van der Waals surface area contributed by atoms with E-state index in [4.69, 9.17) is 0 Å². The molecule has 1 heterocycles. The summed E-state index contributed by atoms with van der Waals surface area (Å²) in [5.74, 6) is 0.309. The lowest BCUT2D eigenvalue weighted by Gasteiger charge is -2.20. The fourth-order valence-corrected chi connectivity index (χ4v) is 2.19. The van der Waals surface area contributed by atoms with E-state index < -0.39 is 18.4 Å². The Kier molecular flexibility index (Phi) is 5.61. The van der Waals surface area contributed by atoms with Crippen LogP contribution in [-0.4, -0.2) is 39.4 Å². The highest BCUT2D eigenvalue weighted by Gasteiger charge is 2.36. The molecule has 1 aliphatic carbocycles. The van der Waals surface area contributed by atoms with Gasteiger partial charge < -0.3 is 10.6 Å². The number of hydrogen-bond donors (Lipinski definition) is 2. The van der Waals surface area contributed by atoms with Crippen molar-refractivity contribution in [2.45, 2.75) is 64.5 Å². The summed E-state index contributed by atoms with van der Waals surface area (Å²) in [4.78, 5) is 12.3. The molecule has 1 aliphatic rings. The van der Waals surface area contributed by atoms with Crippen molar-refractivity contribution in [3.8, 4) is 0 Å². The van der Waals surface area contributed by atoms with Gasteiger partial charge in [-0.15, -0.1) is 0 Å². The average Bonchev–Trinajstić information content (AvgIpc) is 2.46. The number of anilines is 2. The van der Waals surface area contributed by atoms with Crippen LogP contribution in [0, 0.1) is 0 Å². The Morgan fingerprint density at radius 2 is 1.71 bits per heavy atom. The largest absolute Gasteiger partial charge is 0.408 e. The van der Waals surface area contributed by atoms with Crippen LogP contribution >= 0.6 is 0 Å². The number of halogens is 4. The highest BCUT2D eigenvalue weighted by Crippen LogP contribution is 2.28. The molecule has 1 unspecified atom stereocenters. The molecule has 24 heavy (non-hydrogen) atoms. The molecule has 1 aromatic heterocycles. The van der Waals surface area contributed by atoms with Gasteiger partial charge in [0.1, 0.15) is 12.2 Å². The Labute approximate surface area is 138 Å². The molecule has 0 saturated heterocycles. The second kappa shape index (κ2) is 7.31. The molecular weight excluding hydrogens is 326 g/mol. The normalized spacial score (nSPS) is 19.8. The molecular formula is C15H21F4N5. The first-order valence-electron chi connectivity index (χ1n) is 7.84. The highest BCUT2D eigenvalue weighted by atomic mass is 19.4. The van der Waals surface area contributed by atoms with E-state index in [2.05, 4.69) is 25.6 Å². The molecule has 0 amide bonds. The number of nitrogens with zero attached hydrogens (tertiary/aromatic N) is 3. The van der Waals surface area contributed by atoms with Crippen molar-refractivity contribution in [1.82, 2.24) is 15.0 Å². The molecule has 0 saturated carbocycles. The molecule has 2 atom stereocenters. The lowest BCUT2D eigenvalue weighted by atomic mass is 9.98. The van der Waals surface area contributed by atoms with E-state index in [1.165, 1.54) is 0 Å². The Bertz CT molecular complexity index is 600. The minimum absolute atomic E-state index is 0.00342. The molecule has 0 radical (unpaired) electrons. The zero-order valence-corrected chi connectivity index (χ0v) is 13.8. The molecule has 134 valence electrons. The van der Waals surface area contributed by atoms with E-state index in [-0.39, 0.29) is 30.2 Å². The van der Waals surface area contributed by atoms with Gasteiger partial charge in [-0.05, 0) is 45.6 Å². The van der Waals surface area contributed by atoms with E-state index in [9.17, 15) is 17.6 Å². The van der Waals surface area contributed by atoms with Crippen LogP contribution in [0.25, 0.3) is 5.57 Å². The molecule has 1 aromatic rings. The SMILES string of the molecule is CC(C)Nc1nc(N[C@H](C)C(F)(F)F)nc(C2=CCC(F)CC2)n1. The summed E-state index contributed by atoms with van der Waals surface area (Å²) in [5, 5.41) is 5.22. The lowest BCUT2D eigenvalue weighted by molar-refractivity contribution is -0.138. The van der Waals surface area contributed by atoms with Crippen LogP contribution in [0.1, 0.15) is 45.9 Å². The van der Waals surface area contributed by atoms with Crippen molar-refractivity contribution in [2.24, 2.45) is 0 Å². The first-order chi connectivity index (χ1) is 11.1. The summed E-state index contributed by atoms with van der Waals surface area (Å²) in [5.41, 5.74) is 0.723. The summed E-state index contributed by atoms with van der Waals surface area (Å²) in [6.07, 6.45) is -2.56. The second-order valence-corrected chi connectivity index (χ2v) is 6.11. The predicted octanol–water partition coefficient (Wildman–Crippen LogP) is 3.96. The van der Waals surface area contributed by atoms with E-state index >= 15 is 0 Å². The minimum atomic E-state index is -4.41. The topological polar surface area (TPSA) is 62.7 Å². The third-order valence-corrected chi connectivity index (χ3v) is 3.52. The lowest BCUT2D eigenvalue weighted by Crippen LogP contribution is -2.34. The molecule has 0 spiro atoms. The third kappa shape index (κ3) is 5.04. The summed E-state index contributed by atoms with van der Waals surface area (Å²) < 4.78 is 51.5. The maximum atomic E-state index is 13.3. The number of alkyl halides is 4. The quantitative estimate of drug-likeness (QED) is 0.790. The smallest absolute Gasteiger partial charge is 0.352 e. The number of aromatic nitrogens is 3. The fourth-order valence-electron chi connectivity index (χ4n) is 2.19. The minimum Gasteiger partial charge on any atom is -0.352 e. The van der Waals surface area contributed by atoms with Crippen molar-refractivity contribution in [3.05, 3.63) is 11.9 Å². The maximum Gasteiger partial charge on any atom is 0.408 e. The van der Waals surface area contributed by atoms with Gasteiger partial charge in [0.15, 0.2) is 5.82 Å². The van der Waals surface area contributed by atoms with Crippen LogP contribution in [0.2, 0.25) is 0 Å². The first kappa shape index (κ1) is 18.4. The molecule has 2 N–H and O–H groups in total. The van der Waals surface area contributed by atoms with Crippen LogP contribution in [0.3, 0.4) is 0 Å². The van der Waals surface area contributed by atoms with Gasteiger partial charge in [0.25, 0.3) is 0 Å². The second-order valence-electron chi connectivity index (χ2n) is 6.11. The predicted molar refractivity (Wildman–Crippen MR) is 84.4 cm³/mol. The fraction of sp³-hybridized carbons (Fsp3) is 0.667. The standard InChI is InChI=1S/C15H21F4N5/c1-8(2)20-13-22-12(10-4-6-11(16)7-5-10)23-14(24-13)21-9(3)15(17,18)19/h4,8-9,11H,5-7H2,1-3H3,(H2,20,21,22,23,24)/t9-,11?/m1/s1. The zero-order chi connectivity index (χ0) is 17.9. The van der Waals surface area contributed by atoms with Gasteiger partial charge in [0.05, 0.1) is 0 Å². The van der Waals surface area contributed by atoms with E-state index in [0.717, 1.165) is 12.5 Å². The van der Waals surface area contributed by atoms with E-state index in [1.54, 1.807) is 6.08 Å². The van der Waals surface area contributed by atoms with E-state index in [0.29, 0.717) is 12.8 Å². The maximum absolute atomic E-state index is 13.3. The van der Waals surface area contributed by atoms with Crippen LogP contribution in [0.4, 0.5) is 29.5 Å². The summed E-state index contributed by atoms with van der Waals surface area (Å²) in [6, 6.07) is -1.79. The highest BCUT2D eigenvalue weighted by molar-refractivity contribution is 5.62. The molecule has 5 nitrogen and oxygen atoms in total. The van der Waals surface area contributed by atoms with Crippen molar-refractivity contribution < 1.29 is 17.6 Å². The van der Waals surface area contributed by atoms with Crippen molar-refractivity contribution >= 4 is 17.5 Å². The summed E-state index contributed by atoms with van der Waals surface area (Å²) >= 11 is 0. The van der Waals surface area contributed by atoms with Gasteiger partial charge >= 0.3 is 6.18 Å². The van der Waals surface area contributed by atoms with Gasteiger partial charge in [-0.25, -0.2) is 4.39 Å². The third-order valence-electron chi connectivity index (χ3n) is 3.52. The van der Waals surface area contributed by atoms with Crippen LogP contribution in [-0.2, 0) is 0 Å². The molecule has 0 aromatic carbocycles. The number of allylic oxidation sites excluding steroid dienone is 2. The number of hydrogen-bond acceptors (Lipinski definition) is 5. The van der Waals surface area contributed by atoms with E-state index in [1.807, 2.05) is 13.8 Å². The molecule has 2 rings (SSSR count). The first-order valence-corrected chi connectivity index (χ1v) is 7.84. The molecule has 9 heteroatoms.